The third-order valence-corrected chi connectivity index (χ3v) is 5.27. The number of hydrogen-bond donors (Lipinski definition) is 1. The summed E-state index contributed by atoms with van der Waals surface area (Å²) in [6.07, 6.45) is 7.52. The molecule has 2 heterocycles. The number of aliphatic imine (C=N–C) groups is 1. The molecule has 4 nitrogen and oxygen atoms in total. The van der Waals surface area contributed by atoms with Crippen molar-refractivity contribution in [1.29, 1.82) is 0 Å². The molecule has 2 aliphatic heterocycles. The number of ether oxygens (including phenoxy) is 1. The van der Waals surface area contributed by atoms with E-state index in [1.54, 1.807) is 0 Å². The second-order valence-electron chi connectivity index (χ2n) is 7.20. The van der Waals surface area contributed by atoms with Crippen LogP contribution in [0.5, 0.6) is 0 Å². The molecule has 1 aromatic carbocycles. The van der Waals surface area contributed by atoms with Gasteiger partial charge in [0.25, 0.3) is 0 Å². The van der Waals surface area contributed by atoms with Gasteiger partial charge in [0.2, 0.25) is 0 Å². The Bertz CT molecular complexity index is 532. The molecule has 2 N–H and O–H groups in total. The van der Waals surface area contributed by atoms with Crippen LogP contribution in [0.15, 0.2) is 29.3 Å². The van der Waals surface area contributed by atoms with Crippen molar-refractivity contribution in [3.63, 3.8) is 0 Å². The van der Waals surface area contributed by atoms with Crippen molar-refractivity contribution in [3.8, 4) is 0 Å². The minimum absolute atomic E-state index is 0.153. The number of benzene rings is 1. The van der Waals surface area contributed by atoms with Gasteiger partial charge in [-0.3, -0.25) is 4.99 Å². The van der Waals surface area contributed by atoms with Crippen molar-refractivity contribution in [1.82, 2.24) is 4.90 Å². The number of guanidine groups is 1. The van der Waals surface area contributed by atoms with Crippen LogP contribution in [0.4, 0.5) is 0 Å². The molecule has 0 bridgehead atoms. The maximum Gasteiger partial charge on any atom is 0.191 e. The van der Waals surface area contributed by atoms with Gasteiger partial charge in [-0.1, -0.05) is 42.7 Å². The van der Waals surface area contributed by atoms with Gasteiger partial charge in [-0.15, -0.1) is 0 Å². The van der Waals surface area contributed by atoms with Crippen molar-refractivity contribution >= 4 is 5.96 Å². The summed E-state index contributed by atoms with van der Waals surface area (Å²) >= 11 is 0. The number of likely N-dealkylation sites (tertiary alicyclic amines) is 1. The molecule has 0 radical (unpaired) electrons. The molecule has 3 rings (SSSR count). The van der Waals surface area contributed by atoms with Crippen LogP contribution >= 0.6 is 0 Å². The maximum atomic E-state index is 6.27. The molecule has 2 saturated heterocycles. The van der Waals surface area contributed by atoms with Gasteiger partial charge in [0.1, 0.15) is 0 Å². The molecule has 132 valence electrons. The van der Waals surface area contributed by atoms with Crippen molar-refractivity contribution in [2.45, 2.75) is 51.6 Å². The molecule has 4 heteroatoms. The first-order chi connectivity index (χ1) is 11.7. The first-order valence-corrected chi connectivity index (χ1v) is 9.47. The minimum atomic E-state index is 0.153. The monoisotopic (exact) mass is 329 g/mol. The third kappa shape index (κ3) is 4.50. The Hall–Kier alpha value is -1.55. The summed E-state index contributed by atoms with van der Waals surface area (Å²) in [4.78, 5) is 7.01. The van der Waals surface area contributed by atoms with Crippen LogP contribution in [0, 0.1) is 12.8 Å². The number of nitrogens with two attached hydrogens (primary N) is 1. The number of nitrogens with zero attached hydrogens (tertiary/aromatic N) is 2. The Morgan fingerprint density at radius 3 is 2.54 bits per heavy atom. The fraction of sp³-hybridized carbons (Fsp3) is 0.650. The fourth-order valence-electron chi connectivity index (χ4n) is 3.77. The molecule has 0 spiro atoms. The van der Waals surface area contributed by atoms with Crippen molar-refractivity contribution in [2.24, 2.45) is 16.6 Å². The molecule has 0 aromatic heterocycles. The third-order valence-electron chi connectivity index (χ3n) is 5.27. The van der Waals surface area contributed by atoms with Gasteiger partial charge in [0.15, 0.2) is 5.96 Å². The maximum absolute atomic E-state index is 6.27. The Morgan fingerprint density at radius 2 is 1.83 bits per heavy atom. The zero-order valence-electron chi connectivity index (χ0n) is 14.9. The molecule has 0 saturated carbocycles. The van der Waals surface area contributed by atoms with E-state index in [2.05, 4.69) is 36.1 Å². The van der Waals surface area contributed by atoms with Crippen molar-refractivity contribution < 1.29 is 4.74 Å². The van der Waals surface area contributed by atoms with Crippen LogP contribution in [-0.4, -0.2) is 37.1 Å². The standard InChI is InChI=1S/C20H31N3O/c1-16-8-10-17(11-9-16)19-18(7-6-14-24-19)15-22-20(21)23-12-4-2-3-5-13-23/h8-11,18-19H,2-7,12-15H2,1H3,(H2,21,22). The van der Waals surface area contributed by atoms with Gasteiger partial charge < -0.3 is 15.4 Å². The highest BCUT2D eigenvalue weighted by Crippen LogP contribution is 2.34. The van der Waals surface area contributed by atoms with Crippen LogP contribution in [0.2, 0.25) is 0 Å². The summed E-state index contributed by atoms with van der Waals surface area (Å²) in [6, 6.07) is 8.72. The van der Waals surface area contributed by atoms with E-state index in [-0.39, 0.29) is 6.10 Å². The summed E-state index contributed by atoms with van der Waals surface area (Å²) in [6.45, 7) is 5.84. The average Bonchev–Trinajstić information content (AvgIpc) is 2.90. The molecular weight excluding hydrogens is 298 g/mol. The van der Waals surface area contributed by atoms with E-state index >= 15 is 0 Å². The highest BCUT2D eigenvalue weighted by Gasteiger charge is 2.27. The Morgan fingerprint density at radius 1 is 1.12 bits per heavy atom. The first kappa shape index (κ1) is 17.3. The molecule has 2 atom stereocenters. The van der Waals surface area contributed by atoms with E-state index in [1.165, 1.54) is 36.8 Å². The van der Waals surface area contributed by atoms with Crippen LogP contribution in [0.1, 0.15) is 55.8 Å². The van der Waals surface area contributed by atoms with Gasteiger partial charge in [-0.2, -0.15) is 0 Å². The van der Waals surface area contributed by atoms with Crippen molar-refractivity contribution in [3.05, 3.63) is 35.4 Å². The van der Waals surface area contributed by atoms with Crippen LogP contribution in [-0.2, 0) is 4.74 Å². The molecule has 24 heavy (non-hydrogen) atoms. The molecule has 2 unspecified atom stereocenters. The predicted octanol–water partition coefficient (Wildman–Crippen LogP) is 3.65. The van der Waals surface area contributed by atoms with Crippen molar-refractivity contribution in [2.75, 3.05) is 26.2 Å². The van der Waals surface area contributed by atoms with Crippen LogP contribution in [0.25, 0.3) is 0 Å². The van der Waals surface area contributed by atoms with E-state index in [4.69, 9.17) is 15.5 Å². The van der Waals surface area contributed by atoms with Gasteiger partial charge in [0, 0.05) is 32.2 Å². The minimum Gasteiger partial charge on any atom is -0.373 e. The SMILES string of the molecule is Cc1ccc(C2OCCCC2CN=C(N)N2CCCCCC2)cc1. The topological polar surface area (TPSA) is 50.9 Å². The van der Waals surface area contributed by atoms with Gasteiger partial charge >= 0.3 is 0 Å². The summed E-state index contributed by atoms with van der Waals surface area (Å²) in [7, 11) is 0. The highest BCUT2D eigenvalue weighted by molar-refractivity contribution is 5.78. The van der Waals surface area contributed by atoms with Gasteiger partial charge in [-0.05, 0) is 38.2 Å². The average molecular weight is 329 g/mol. The zero-order chi connectivity index (χ0) is 16.8. The summed E-state index contributed by atoms with van der Waals surface area (Å²) in [5.74, 6) is 1.15. The summed E-state index contributed by atoms with van der Waals surface area (Å²) in [5.41, 5.74) is 8.83. The summed E-state index contributed by atoms with van der Waals surface area (Å²) in [5, 5.41) is 0. The van der Waals surface area contributed by atoms with Crippen LogP contribution in [0.3, 0.4) is 0 Å². The van der Waals surface area contributed by atoms with E-state index in [9.17, 15) is 0 Å². The molecule has 2 aliphatic rings. The second-order valence-corrected chi connectivity index (χ2v) is 7.20. The Kier molecular flexibility index (Phi) is 6.13. The quantitative estimate of drug-likeness (QED) is 0.680. The first-order valence-electron chi connectivity index (χ1n) is 9.47. The van der Waals surface area contributed by atoms with E-state index < -0.39 is 0 Å². The number of aryl methyl sites for hydroxylation is 1. The lowest BCUT2D eigenvalue weighted by molar-refractivity contribution is -0.0250. The normalized spacial score (nSPS) is 26.2. The molecule has 2 fully saturated rings. The molecular formula is C20H31N3O. The molecule has 1 aromatic rings. The lowest BCUT2D eigenvalue weighted by atomic mass is 9.89. The zero-order valence-corrected chi connectivity index (χ0v) is 14.9. The van der Waals surface area contributed by atoms with E-state index in [1.807, 2.05) is 0 Å². The van der Waals surface area contributed by atoms with Gasteiger partial charge in [-0.25, -0.2) is 0 Å². The molecule has 0 amide bonds. The number of rotatable bonds is 3. The largest absolute Gasteiger partial charge is 0.373 e. The predicted molar refractivity (Wildman–Crippen MR) is 99.1 cm³/mol. The van der Waals surface area contributed by atoms with Crippen LogP contribution < -0.4 is 5.73 Å². The van der Waals surface area contributed by atoms with E-state index in [0.29, 0.717) is 5.92 Å². The molecule has 0 aliphatic carbocycles. The Balaban J connectivity index is 1.64. The smallest absolute Gasteiger partial charge is 0.191 e. The number of hydrogen-bond acceptors (Lipinski definition) is 2. The summed E-state index contributed by atoms with van der Waals surface area (Å²) < 4.78 is 6.09. The van der Waals surface area contributed by atoms with E-state index in [0.717, 1.165) is 45.0 Å². The lowest BCUT2D eigenvalue weighted by Gasteiger charge is -2.31. The second kappa shape index (κ2) is 8.52. The Labute approximate surface area is 146 Å². The highest BCUT2D eigenvalue weighted by atomic mass is 16.5. The lowest BCUT2D eigenvalue weighted by Crippen LogP contribution is -2.38. The van der Waals surface area contributed by atoms with Gasteiger partial charge in [0.05, 0.1) is 6.10 Å². The fourth-order valence-corrected chi connectivity index (χ4v) is 3.77.